The molecule has 208 valence electrons. The maximum atomic E-state index is 12.7. The predicted octanol–water partition coefficient (Wildman–Crippen LogP) is 4.17. The Morgan fingerprint density at radius 2 is 1.54 bits per heavy atom. The molecule has 2 heterocycles. The molecule has 0 aliphatic rings. The molecule has 2 aromatic rings. The average molecular weight is 574 g/mol. The van der Waals surface area contributed by atoms with E-state index in [2.05, 4.69) is 50.2 Å². The summed E-state index contributed by atoms with van der Waals surface area (Å²) in [4.78, 5) is 24.8. The van der Waals surface area contributed by atoms with Crippen molar-refractivity contribution < 1.29 is 19.4 Å². The number of hydrogen-bond donors (Lipinski definition) is 4. The Bertz CT molecular complexity index is 991. The van der Waals surface area contributed by atoms with Crippen LogP contribution in [0.2, 0.25) is 0 Å². The fraction of sp³-hybridized carbons (Fsp3) is 0.739. The number of aromatic nitrogens is 4. The number of rotatable bonds is 14. The van der Waals surface area contributed by atoms with E-state index in [9.17, 15) is 14.7 Å². The summed E-state index contributed by atoms with van der Waals surface area (Å²) < 4.78 is 5.27. The molecule has 2 rings (SSSR count). The highest BCUT2D eigenvalue weighted by molar-refractivity contribution is 7.99. The molecular weight excluding hydrogens is 534 g/mol. The van der Waals surface area contributed by atoms with Gasteiger partial charge in [-0.15, -0.1) is 20.4 Å². The van der Waals surface area contributed by atoms with Crippen LogP contribution in [0.5, 0.6) is 0 Å². The lowest BCUT2D eigenvalue weighted by atomic mass is 10.0. The van der Waals surface area contributed by atoms with Gasteiger partial charge in [-0.3, -0.25) is 10.1 Å². The van der Waals surface area contributed by atoms with Gasteiger partial charge in [0.1, 0.15) is 27.9 Å². The minimum absolute atomic E-state index is 0.138. The second-order valence-corrected chi connectivity index (χ2v) is 13.6. The van der Waals surface area contributed by atoms with Gasteiger partial charge >= 0.3 is 6.09 Å². The third kappa shape index (κ3) is 12.4. The molecule has 0 bridgehead atoms. The molecule has 0 saturated heterocycles. The van der Waals surface area contributed by atoms with Gasteiger partial charge in [0.25, 0.3) is 0 Å². The Kier molecular flexibility index (Phi) is 12.5. The van der Waals surface area contributed by atoms with Crippen LogP contribution >= 0.6 is 34.4 Å². The van der Waals surface area contributed by atoms with Gasteiger partial charge in [-0.1, -0.05) is 50.4 Å². The van der Waals surface area contributed by atoms with Crippen LogP contribution in [0.4, 0.5) is 15.1 Å². The minimum atomic E-state index is -0.757. The molecule has 2 amide bonds. The number of anilines is 2. The van der Waals surface area contributed by atoms with Gasteiger partial charge in [-0.2, -0.15) is 11.8 Å². The van der Waals surface area contributed by atoms with E-state index in [-0.39, 0.29) is 11.8 Å². The summed E-state index contributed by atoms with van der Waals surface area (Å²) in [5.41, 5.74) is -0.651. The molecule has 0 radical (unpaired) electrons. The van der Waals surface area contributed by atoms with Crippen LogP contribution in [0, 0.1) is 11.8 Å². The average Bonchev–Trinajstić information content (AvgIpc) is 3.38. The van der Waals surface area contributed by atoms with Crippen molar-refractivity contribution in [3.8, 4) is 0 Å². The van der Waals surface area contributed by atoms with Gasteiger partial charge in [0.15, 0.2) is 0 Å². The van der Waals surface area contributed by atoms with E-state index in [0.717, 1.165) is 34.4 Å². The summed E-state index contributed by atoms with van der Waals surface area (Å²) in [6.07, 6.45) is 0.925. The highest BCUT2D eigenvalue weighted by atomic mass is 32.2. The van der Waals surface area contributed by atoms with Crippen LogP contribution < -0.4 is 16.0 Å². The molecule has 0 saturated carbocycles. The Labute approximate surface area is 231 Å². The van der Waals surface area contributed by atoms with Crippen molar-refractivity contribution in [3.05, 3.63) is 10.0 Å². The third-order valence-corrected chi connectivity index (χ3v) is 7.49. The fourth-order valence-electron chi connectivity index (χ4n) is 3.04. The molecule has 11 nitrogen and oxygen atoms in total. The number of aliphatic hydroxyl groups is 1. The zero-order valence-corrected chi connectivity index (χ0v) is 25.0. The number of carbonyl (C=O) groups is 2. The van der Waals surface area contributed by atoms with E-state index in [1.807, 2.05) is 13.8 Å². The molecule has 2 unspecified atom stereocenters. The number of amides is 2. The number of carbonyl (C=O) groups excluding carboxylic acids is 2. The van der Waals surface area contributed by atoms with Crippen molar-refractivity contribution in [2.24, 2.45) is 11.8 Å². The van der Waals surface area contributed by atoms with Gasteiger partial charge in [0.2, 0.25) is 16.2 Å². The van der Waals surface area contributed by atoms with Crippen molar-refractivity contribution in [1.29, 1.82) is 0 Å². The summed E-state index contributed by atoms with van der Waals surface area (Å²) in [6.45, 7) is 13.1. The first-order chi connectivity index (χ1) is 17.3. The van der Waals surface area contributed by atoms with E-state index < -0.39 is 24.0 Å². The van der Waals surface area contributed by atoms with Gasteiger partial charge in [0.05, 0.1) is 0 Å². The van der Waals surface area contributed by atoms with Crippen LogP contribution in [-0.2, 0) is 22.4 Å². The van der Waals surface area contributed by atoms with E-state index in [0.29, 0.717) is 22.6 Å². The number of hydrogen-bond acceptors (Lipinski definition) is 12. The van der Waals surface area contributed by atoms with Crippen molar-refractivity contribution >= 4 is 56.7 Å². The topological polar surface area (TPSA) is 151 Å². The third-order valence-electron chi connectivity index (χ3n) is 4.69. The smallest absolute Gasteiger partial charge is 0.408 e. The number of nitrogens with one attached hydrogen (secondary N) is 3. The molecule has 0 aliphatic heterocycles. The highest BCUT2D eigenvalue weighted by Crippen LogP contribution is 2.21. The highest BCUT2D eigenvalue weighted by Gasteiger charge is 2.27. The lowest BCUT2D eigenvalue weighted by Gasteiger charge is -2.24. The fourth-order valence-corrected chi connectivity index (χ4v) is 5.71. The summed E-state index contributed by atoms with van der Waals surface area (Å²) in [5, 5.41) is 37.6. The second kappa shape index (κ2) is 14.8. The number of ether oxygens (including phenoxy) is 1. The molecule has 37 heavy (non-hydrogen) atoms. The van der Waals surface area contributed by atoms with E-state index in [1.54, 1.807) is 32.5 Å². The van der Waals surface area contributed by atoms with Gasteiger partial charge in [-0.25, -0.2) is 4.79 Å². The van der Waals surface area contributed by atoms with E-state index in [4.69, 9.17) is 4.74 Å². The molecule has 0 aromatic carbocycles. The molecule has 2 aromatic heterocycles. The van der Waals surface area contributed by atoms with Crippen molar-refractivity contribution in [3.63, 3.8) is 0 Å². The van der Waals surface area contributed by atoms with E-state index >= 15 is 0 Å². The lowest BCUT2D eigenvalue weighted by Crippen LogP contribution is -2.48. The first-order valence-corrected chi connectivity index (χ1v) is 15.1. The Balaban J connectivity index is 1.72. The summed E-state index contributed by atoms with van der Waals surface area (Å²) in [5.74, 6) is 1.64. The van der Waals surface area contributed by atoms with Gasteiger partial charge < -0.3 is 20.5 Å². The van der Waals surface area contributed by atoms with Crippen LogP contribution in [0.25, 0.3) is 0 Å². The number of alkyl carbamates (subject to hydrolysis) is 1. The molecular formula is C23H39N7O4S3. The Hall–Kier alpha value is -2.03. The lowest BCUT2D eigenvalue weighted by molar-refractivity contribution is -0.119. The zero-order chi connectivity index (χ0) is 27.6. The summed E-state index contributed by atoms with van der Waals surface area (Å²) >= 11 is 4.56. The monoisotopic (exact) mass is 573 g/mol. The van der Waals surface area contributed by atoms with Crippen LogP contribution in [0.15, 0.2) is 0 Å². The Morgan fingerprint density at radius 3 is 2.08 bits per heavy atom. The van der Waals surface area contributed by atoms with Gasteiger partial charge in [0, 0.05) is 12.8 Å². The summed E-state index contributed by atoms with van der Waals surface area (Å²) in [6, 6.07) is -0.757. The first kappa shape index (κ1) is 31.2. The number of aliphatic hydroxyl groups excluding tert-OH is 1. The quantitative estimate of drug-likeness (QED) is 0.191. The van der Waals surface area contributed by atoms with Crippen LogP contribution in [0.1, 0.15) is 64.9 Å². The molecule has 0 aliphatic carbocycles. The number of nitrogens with zero attached hydrogens (tertiary/aromatic N) is 4. The first-order valence-electron chi connectivity index (χ1n) is 12.3. The largest absolute Gasteiger partial charge is 0.444 e. The normalized spacial score (nSPS) is 13.5. The SMILES string of the molecule is CC(C)CC(O)Nc1nnc(CCSCCc2nnc(NC(=O)C(NC(=O)OC(C)(C)C)C(C)C)s2)s1. The Morgan fingerprint density at radius 1 is 0.973 bits per heavy atom. The van der Waals surface area contributed by atoms with Crippen molar-refractivity contribution in [2.45, 2.75) is 85.6 Å². The van der Waals surface area contributed by atoms with Crippen molar-refractivity contribution in [2.75, 3.05) is 22.1 Å². The molecule has 4 N–H and O–H groups in total. The minimum Gasteiger partial charge on any atom is -0.444 e. The van der Waals surface area contributed by atoms with E-state index in [1.165, 1.54) is 22.7 Å². The van der Waals surface area contributed by atoms with Crippen LogP contribution in [-0.4, -0.2) is 66.9 Å². The van der Waals surface area contributed by atoms with Crippen LogP contribution in [0.3, 0.4) is 0 Å². The maximum Gasteiger partial charge on any atom is 0.408 e. The molecule has 2 atom stereocenters. The molecule has 0 fully saturated rings. The predicted molar refractivity (Wildman–Crippen MR) is 150 cm³/mol. The number of thioether (sulfide) groups is 1. The molecule has 14 heteroatoms. The summed E-state index contributed by atoms with van der Waals surface area (Å²) in [7, 11) is 0. The molecule has 0 spiro atoms. The van der Waals surface area contributed by atoms with Crippen molar-refractivity contribution in [1.82, 2.24) is 25.7 Å². The number of aryl methyl sites for hydroxylation is 2. The second-order valence-electron chi connectivity index (χ2n) is 10.3. The zero-order valence-electron chi connectivity index (χ0n) is 22.5. The standard InChI is InChI=1S/C23H39N7O4S3/c1-13(2)12-15(31)24-20-29-27-16(36-20)8-10-35-11-9-17-28-30-21(37-17)26-19(32)18(14(3)4)25-22(33)34-23(5,6)7/h13-15,18,31H,8-12H2,1-7H3,(H,24,29)(H,25,33)(H,26,30,32). The maximum absolute atomic E-state index is 12.7. The van der Waals surface area contributed by atoms with Gasteiger partial charge in [-0.05, 0) is 50.5 Å².